The van der Waals surface area contributed by atoms with Crippen LogP contribution in [0.1, 0.15) is 35.2 Å². The van der Waals surface area contributed by atoms with Crippen LogP contribution in [0.15, 0.2) is 84.9 Å². The van der Waals surface area contributed by atoms with Gasteiger partial charge in [0.25, 0.3) is 0 Å². The van der Waals surface area contributed by atoms with Crippen molar-refractivity contribution in [2.24, 2.45) is 0 Å². The van der Waals surface area contributed by atoms with Crippen molar-refractivity contribution in [3.8, 4) is 5.75 Å². The van der Waals surface area contributed by atoms with Crippen LogP contribution in [0.3, 0.4) is 0 Å². The van der Waals surface area contributed by atoms with E-state index < -0.39 is 6.29 Å². The Kier molecular flexibility index (Phi) is 4.51. The van der Waals surface area contributed by atoms with Gasteiger partial charge in [0.1, 0.15) is 18.0 Å². The van der Waals surface area contributed by atoms with Gasteiger partial charge in [0.05, 0.1) is 7.11 Å². The predicted molar refractivity (Wildman–Crippen MR) is 96.3 cm³/mol. The lowest BCUT2D eigenvalue weighted by molar-refractivity contribution is -0.0698. The summed E-state index contributed by atoms with van der Waals surface area (Å²) in [5, 5.41) is 0. The zero-order valence-electron chi connectivity index (χ0n) is 14.0. The molecule has 25 heavy (non-hydrogen) atoms. The Morgan fingerprint density at radius 3 is 1.52 bits per heavy atom. The summed E-state index contributed by atoms with van der Waals surface area (Å²) in [6, 6.07) is 28.3. The summed E-state index contributed by atoms with van der Waals surface area (Å²) >= 11 is 0. The molecular weight excluding hydrogens is 312 g/mol. The molecule has 1 fully saturated rings. The molecule has 0 aromatic heterocycles. The Morgan fingerprint density at radius 2 is 1.08 bits per heavy atom. The van der Waals surface area contributed by atoms with E-state index >= 15 is 0 Å². The maximum atomic E-state index is 6.31. The number of hydrogen-bond acceptors (Lipinski definition) is 3. The monoisotopic (exact) mass is 332 g/mol. The third-order valence-corrected chi connectivity index (χ3v) is 4.46. The van der Waals surface area contributed by atoms with E-state index in [1.54, 1.807) is 7.11 Å². The molecule has 0 N–H and O–H groups in total. The molecule has 0 amide bonds. The van der Waals surface area contributed by atoms with E-state index in [9.17, 15) is 0 Å². The quantitative estimate of drug-likeness (QED) is 0.655. The fourth-order valence-electron chi connectivity index (χ4n) is 3.15. The Morgan fingerprint density at radius 1 is 0.600 bits per heavy atom. The van der Waals surface area contributed by atoms with Crippen molar-refractivity contribution in [2.45, 2.75) is 18.5 Å². The molecule has 0 bridgehead atoms. The van der Waals surface area contributed by atoms with Crippen molar-refractivity contribution in [2.75, 3.05) is 7.11 Å². The van der Waals surface area contributed by atoms with E-state index in [0.717, 1.165) is 22.4 Å². The highest BCUT2D eigenvalue weighted by atomic mass is 16.7. The largest absolute Gasteiger partial charge is 0.497 e. The number of methoxy groups -OCH3 is 1. The molecule has 126 valence electrons. The van der Waals surface area contributed by atoms with Crippen molar-refractivity contribution >= 4 is 0 Å². The smallest absolute Gasteiger partial charge is 0.185 e. The fraction of sp³-hybridized carbons (Fsp3) is 0.182. The molecule has 1 aliphatic rings. The lowest BCUT2D eigenvalue weighted by atomic mass is 9.99. The van der Waals surface area contributed by atoms with Crippen molar-refractivity contribution < 1.29 is 14.2 Å². The van der Waals surface area contributed by atoms with Crippen LogP contribution < -0.4 is 4.74 Å². The summed E-state index contributed by atoms with van der Waals surface area (Å²) < 4.78 is 17.9. The number of rotatable bonds is 4. The Balaban J connectivity index is 1.66. The third-order valence-electron chi connectivity index (χ3n) is 4.46. The van der Waals surface area contributed by atoms with Gasteiger partial charge in [0.2, 0.25) is 0 Å². The summed E-state index contributed by atoms with van der Waals surface area (Å²) in [6.07, 6.45) is -0.687. The maximum Gasteiger partial charge on any atom is 0.185 e. The second-order valence-corrected chi connectivity index (χ2v) is 6.04. The van der Waals surface area contributed by atoms with Crippen molar-refractivity contribution in [3.05, 3.63) is 102 Å². The molecule has 1 aliphatic heterocycles. The average Bonchev–Trinajstić information content (AvgIpc) is 3.15. The minimum absolute atomic E-state index is 0.143. The molecule has 3 heteroatoms. The van der Waals surface area contributed by atoms with Gasteiger partial charge in [-0.05, 0) is 23.3 Å². The van der Waals surface area contributed by atoms with Gasteiger partial charge in [-0.25, -0.2) is 0 Å². The van der Waals surface area contributed by atoms with Crippen molar-refractivity contribution in [1.82, 2.24) is 0 Å². The summed E-state index contributed by atoms with van der Waals surface area (Å²) in [5.74, 6) is 0.820. The van der Waals surface area contributed by atoms with E-state index in [4.69, 9.17) is 14.2 Å². The zero-order chi connectivity index (χ0) is 17.1. The van der Waals surface area contributed by atoms with Gasteiger partial charge < -0.3 is 14.2 Å². The standard InChI is InChI=1S/C22H20O3/c1-23-19-14-12-18(13-15-19)22-24-20(16-8-4-2-5-9-16)21(25-22)17-10-6-3-7-11-17/h2-15,20-22H,1H3/t20-,21-/m1/s1. The number of ether oxygens (including phenoxy) is 3. The van der Waals surface area contributed by atoms with Gasteiger partial charge in [0, 0.05) is 5.56 Å². The van der Waals surface area contributed by atoms with Crippen molar-refractivity contribution in [1.29, 1.82) is 0 Å². The first-order chi connectivity index (χ1) is 12.3. The van der Waals surface area contributed by atoms with Gasteiger partial charge in [-0.2, -0.15) is 0 Å². The highest BCUT2D eigenvalue weighted by Crippen LogP contribution is 2.47. The Labute approximate surface area is 147 Å². The van der Waals surface area contributed by atoms with Gasteiger partial charge in [-0.3, -0.25) is 0 Å². The van der Waals surface area contributed by atoms with E-state index in [1.807, 2.05) is 60.7 Å². The molecule has 0 unspecified atom stereocenters. The SMILES string of the molecule is COc1ccc(C2O[C@H](c3ccccc3)[C@@H](c3ccccc3)O2)cc1. The zero-order valence-corrected chi connectivity index (χ0v) is 14.0. The first-order valence-corrected chi connectivity index (χ1v) is 8.40. The minimum Gasteiger partial charge on any atom is -0.497 e. The Hall–Kier alpha value is -2.62. The van der Waals surface area contributed by atoms with Crippen LogP contribution in [-0.2, 0) is 9.47 Å². The summed E-state index contributed by atoms with van der Waals surface area (Å²) in [7, 11) is 1.66. The van der Waals surface area contributed by atoms with Crippen LogP contribution in [0.4, 0.5) is 0 Å². The molecule has 0 radical (unpaired) electrons. The summed E-state index contributed by atoms with van der Waals surface area (Å²) in [5.41, 5.74) is 3.22. The van der Waals surface area contributed by atoms with E-state index in [-0.39, 0.29) is 12.2 Å². The molecule has 1 heterocycles. The van der Waals surface area contributed by atoms with E-state index in [2.05, 4.69) is 24.3 Å². The Bertz CT molecular complexity index is 752. The number of hydrogen-bond donors (Lipinski definition) is 0. The summed E-state index contributed by atoms with van der Waals surface area (Å²) in [6.45, 7) is 0. The first kappa shape index (κ1) is 15.9. The molecule has 2 atom stereocenters. The molecule has 3 aromatic rings. The van der Waals surface area contributed by atoms with Crippen LogP contribution in [0.2, 0.25) is 0 Å². The van der Waals surface area contributed by atoms with Crippen LogP contribution in [0, 0.1) is 0 Å². The lowest BCUT2D eigenvalue weighted by Gasteiger charge is -2.17. The van der Waals surface area contributed by atoms with Crippen LogP contribution in [0.5, 0.6) is 5.75 Å². The molecule has 0 aliphatic carbocycles. The second-order valence-electron chi connectivity index (χ2n) is 6.04. The molecule has 3 aromatic carbocycles. The van der Waals surface area contributed by atoms with E-state index in [1.165, 1.54) is 0 Å². The maximum absolute atomic E-state index is 6.31. The molecule has 0 saturated carbocycles. The molecule has 0 spiro atoms. The first-order valence-electron chi connectivity index (χ1n) is 8.40. The molecule has 1 saturated heterocycles. The van der Waals surface area contributed by atoms with Crippen LogP contribution in [0.25, 0.3) is 0 Å². The minimum atomic E-state index is -0.402. The molecular formula is C22H20O3. The normalized spacial score (nSPS) is 20.5. The molecule has 3 nitrogen and oxygen atoms in total. The van der Waals surface area contributed by atoms with Crippen molar-refractivity contribution in [3.63, 3.8) is 0 Å². The predicted octanol–water partition coefficient (Wildman–Crippen LogP) is 5.22. The molecule has 4 rings (SSSR count). The lowest BCUT2D eigenvalue weighted by Crippen LogP contribution is -2.06. The fourth-order valence-corrected chi connectivity index (χ4v) is 3.15. The highest BCUT2D eigenvalue weighted by molar-refractivity contribution is 5.30. The number of benzene rings is 3. The topological polar surface area (TPSA) is 27.7 Å². The van der Waals surface area contributed by atoms with E-state index in [0.29, 0.717) is 0 Å². The van der Waals surface area contributed by atoms with Gasteiger partial charge >= 0.3 is 0 Å². The second kappa shape index (κ2) is 7.09. The summed E-state index contributed by atoms with van der Waals surface area (Å²) in [4.78, 5) is 0. The van der Waals surface area contributed by atoms with Crippen LogP contribution in [-0.4, -0.2) is 7.11 Å². The average molecular weight is 332 g/mol. The third kappa shape index (κ3) is 3.29. The van der Waals surface area contributed by atoms with Gasteiger partial charge in [0.15, 0.2) is 6.29 Å². The van der Waals surface area contributed by atoms with Crippen LogP contribution >= 0.6 is 0 Å². The van der Waals surface area contributed by atoms with Gasteiger partial charge in [-0.15, -0.1) is 0 Å². The highest BCUT2D eigenvalue weighted by Gasteiger charge is 2.38. The van der Waals surface area contributed by atoms with Gasteiger partial charge in [-0.1, -0.05) is 72.8 Å².